The summed E-state index contributed by atoms with van der Waals surface area (Å²) in [7, 11) is 1.63. The van der Waals surface area contributed by atoms with Gasteiger partial charge in [-0.25, -0.2) is 0 Å². The van der Waals surface area contributed by atoms with Gasteiger partial charge in [0.1, 0.15) is 5.75 Å². The van der Waals surface area contributed by atoms with Crippen LogP contribution >= 0.6 is 22.9 Å². The fourth-order valence-electron chi connectivity index (χ4n) is 2.80. The lowest BCUT2D eigenvalue weighted by atomic mass is 9.99. The SMILES string of the molecule is COc1ccc(NC(C)c2cc3c(s2)CCCC3)cc1Cl. The Morgan fingerprint density at radius 3 is 2.76 bits per heavy atom. The molecule has 2 nitrogen and oxygen atoms in total. The van der Waals surface area contributed by atoms with E-state index in [9.17, 15) is 0 Å². The second kappa shape index (κ2) is 6.29. The summed E-state index contributed by atoms with van der Waals surface area (Å²) in [6.45, 7) is 2.20. The molecule has 1 aliphatic carbocycles. The first kappa shape index (κ1) is 14.7. The van der Waals surface area contributed by atoms with Crippen molar-refractivity contribution in [3.05, 3.63) is 44.6 Å². The monoisotopic (exact) mass is 321 g/mol. The van der Waals surface area contributed by atoms with Crippen LogP contribution in [0.5, 0.6) is 5.75 Å². The number of methoxy groups -OCH3 is 1. The van der Waals surface area contributed by atoms with Crippen molar-refractivity contribution in [3.8, 4) is 5.75 Å². The van der Waals surface area contributed by atoms with Crippen molar-refractivity contribution in [2.75, 3.05) is 12.4 Å². The average molecular weight is 322 g/mol. The summed E-state index contributed by atoms with van der Waals surface area (Å²) in [5.41, 5.74) is 2.59. The van der Waals surface area contributed by atoms with E-state index in [1.54, 1.807) is 17.6 Å². The zero-order chi connectivity index (χ0) is 14.8. The minimum atomic E-state index is 0.296. The molecular weight excluding hydrogens is 302 g/mol. The van der Waals surface area contributed by atoms with Crippen molar-refractivity contribution in [3.63, 3.8) is 0 Å². The van der Waals surface area contributed by atoms with Crippen molar-refractivity contribution in [2.45, 2.75) is 38.6 Å². The largest absolute Gasteiger partial charge is 0.495 e. The van der Waals surface area contributed by atoms with Crippen molar-refractivity contribution in [2.24, 2.45) is 0 Å². The van der Waals surface area contributed by atoms with E-state index in [1.165, 1.54) is 30.6 Å². The molecule has 0 saturated carbocycles. The van der Waals surface area contributed by atoms with Crippen LogP contribution in [0, 0.1) is 0 Å². The highest BCUT2D eigenvalue weighted by molar-refractivity contribution is 7.12. The predicted octanol–water partition coefficient (Wildman–Crippen LogP) is 5.46. The summed E-state index contributed by atoms with van der Waals surface area (Å²) < 4.78 is 5.19. The van der Waals surface area contributed by atoms with E-state index < -0.39 is 0 Å². The Hall–Kier alpha value is -1.19. The Morgan fingerprint density at radius 2 is 2.05 bits per heavy atom. The van der Waals surface area contributed by atoms with E-state index in [-0.39, 0.29) is 0 Å². The maximum absolute atomic E-state index is 6.18. The number of halogens is 1. The first-order valence-electron chi connectivity index (χ1n) is 7.39. The Labute approximate surface area is 135 Å². The summed E-state index contributed by atoms with van der Waals surface area (Å²) >= 11 is 8.13. The third kappa shape index (κ3) is 3.19. The first-order chi connectivity index (χ1) is 10.2. The molecule has 0 radical (unpaired) electrons. The second-order valence-electron chi connectivity index (χ2n) is 5.52. The Bertz CT molecular complexity index is 614. The van der Waals surface area contributed by atoms with Gasteiger partial charge < -0.3 is 10.1 Å². The number of rotatable bonds is 4. The Morgan fingerprint density at radius 1 is 1.24 bits per heavy atom. The molecule has 3 rings (SSSR count). The molecule has 1 aromatic carbocycles. The minimum Gasteiger partial charge on any atom is -0.495 e. The predicted molar refractivity (Wildman–Crippen MR) is 91.0 cm³/mol. The van der Waals surface area contributed by atoms with Crippen LogP contribution in [-0.4, -0.2) is 7.11 Å². The highest BCUT2D eigenvalue weighted by Gasteiger charge is 2.16. The van der Waals surface area contributed by atoms with Crippen LogP contribution < -0.4 is 10.1 Å². The molecular formula is C17H20ClNOS. The van der Waals surface area contributed by atoms with Gasteiger partial charge in [0.05, 0.1) is 18.2 Å². The summed E-state index contributed by atoms with van der Waals surface area (Å²) in [4.78, 5) is 2.99. The molecule has 2 aromatic rings. The van der Waals surface area contributed by atoms with E-state index in [0.29, 0.717) is 16.8 Å². The van der Waals surface area contributed by atoms with E-state index in [4.69, 9.17) is 16.3 Å². The highest BCUT2D eigenvalue weighted by Crippen LogP contribution is 2.35. The number of nitrogens with one attached hydrogen (secondary N) is 1. The number of anilines is 1. The lowest BCUT2D eigenvalue weighted by Gasteiger charge is -2.14. The number of benzene rings is 1. The number of thiophene rings is 1. The zero-order valence-electron chi connectivity index (χ0n) is 12.4. The van der Waals surface area contributed by atoms with Crippen LogP contribution in [0.4, 0.5) is 5.69 Å². The van der Waals surface area contributed by atoms with Crippen LogP contribution in [0.1, 0.15) is 41.1 Å². The number of fused-ring (bicyclic) bond motifs is 1. The van der Waals surface area contributed by atoms with Gasteiger partial charge in [-0.3, -0.25) is 0 Å². The van der Waals surface area contributed by atoms with Gasteiger partial charge in [-0.15, -0.1) is 11.3 Å². The molecule has 1 aromatic heterocycles. The van der Waals surface area contributed by atoms with Gasteiger partial charge in [0.2, 0.25) is 0 Å². The third-order valence-corrected chi connectivity index (χ3v) is 5.69. The molecule has 0 fully saturated rings. The highest BCUT2D eigenvalue weighted by atomic mass is 35.5. The molecule has 1 heterocycles. The lowest BCUT2D eigenvalue weighted by Crippen LogP contribution is -2.04. The smallest absolute Gasteiger partial charge is 0.137 e. The van der Waals surface area contributed by atoms with Gasteiger partial charge in [-0.2, -0.15) is 0 Å². The van der Waals surface area contributed by atoms with Crippen molar-refractivity contribution < 1.29 is 4.74 Å². The summed E-state index contributed by atoms with van der Waals surface area (Å²) in [6.07, 6.45) is 5.16. The van der Waals surface area contributed by atoms with E-state index in [0.717, 1.165) is 5.69 Å². The van der Waals surface area contributed by atoms with Crippen molar-refractivity contribution in [1.29, 1.82) is 0 Å². The Kier molecular flexibility index (Phi) is 4.41. The van der Waals surface area contributed by atoms with Gasteiger partial charge in [0, 0.05) is 15.4 Å². The molecule has 1 N–H and O–H groups in total. The standard InChI is InChI=1S/C17H20ClNOS/c1-11(17-9-12-5-3-4-6-16(12)21-17)19-13-7-8-15(20-2)14(18)10-13/h7-11,19H,3-6H2,1-2H3. The number of aryl methyl sites for hydroxylation is 2. The molecule has 4 heteroatoms. The molecule has 0 spiro atoms. The quantitative estimate of drug-likeness (QED) is 0.807. The van der Waals surface area contributed by atoms with E-state index >= 15 is 0 Å². The fourth-order valence-corrected chi connectivity index (χ4v) is 4.32. The van der Waals surface area contributed by atoms with Gasteiger partial charge in [0.25, 0.3) is 0 Å². The molecule has 112 valence electrons. The summed E-state index contributed by atoms with van der Waals surface area (Å²) in [6, 6.07) is 8.50. The van der Waals surface area contributed by atoms with Crippen LogP contribution in [0.25, 0.3) is 0 Å². The number of hydrogen-bond donors (Lipinski definition) is 1. The van der Waals surface area contributed by atoms with Crippen molar-refractivity contribution in [1.82, 2.24) is 0 Å². The molecule has 0 saturated heterocycles. The average Bonchev–Trinajstić information content (AvgIpc) is 2.91. The first-order valence-corrected chi connectivity index (χ1v) is 8.58. The van der Waals surface area contributed by atoms with Crippen LogP contribution in [0.2, 0.25) is 5.02 Å². The maximum Gasteiger partial charge on any atom is 0.137 e. The molecule has 1 aliphatic rings. The van der Waals surface area contributed by atoms with Gasteiger partial charge in [-0.05, 0) is 62.4 Å². The lowest BCUT2D eigenvalue weighted by molar-refractivity contribution is 0.415. The van der Waals surface area contributed by atoms with E-state index in [1.807, 2.05) is 29.5 Å². The maximum atomic E-state index is 6.18. The topological polar surface area (TPSA) is 21.3 Å². The van der Waals surface area contributed by atoms with Crippen LogP contribution in [0.15, 0.2) is 24.3 Å². The van der Waals surface area contributed by atoms with Gasteiger partial charge in [-0.1, -0.05) is 11.6 Å². The van der Waals surface area contributed by atoms with Gasteiger partial charge >= 0.3 is 0 Å². The molecule has 0 bridgehead atoms. The normalized spacial score (nSPS) is 15.4. The fraction of sp³-hybridized carbons (Fsp3) is 0.412. The van der Waals surface area contributed by atoms with E-state index in [2.05, 4.69) is 18.3 Å². The second-order valence-corrected chi connectivity index (χ2v) is 7.10. The molecule has 0 aliphatic heterocycles. The molecule has 0 amide bonds. The van der Waals surface area contributed by atoms with Crippen LogP contribution in [-0.2, 0) is 12.8 Å². The summed E-state index contributed by atoms with van der Waals surface area (Å²) in [5, 5.41) is 4.17. The molecule has 1 unspecified atom stereocenters. The minimum absolute atomic E-state index is 0.296. The van der Waals surface area contributed by atoms with Crippen molar-refractivity contribution >= 4 is 28.6 Å². The zero-order valence-corrected chi connectivity index (χ0v) is 14.0. The Balaban J connectivity index is 1.75. The summed E-state index contributed by atoms with van der Waals surface area (Å²) in [5.74, 6) is 0.710. The number of ether oxygens (including phenoxy) is 1. The molecule has 1 atom stereocenters. The van der Waals surface area contributed by atoms with Gasteiger partial charge in [0.15, 0.2) is 0 Å². The molecule has 21 heavy (non-hydrogen) atoms. The third-order valence-electron chi connectivity index (χ3n) is 3.98. The van der Waals surface area contributed by atoms with Crippen LogP contribution in [0.3, 0.4) is 0 Å². The number of hydrogen-bond acceptors (Lipinski definition) is 3.